The molecule has 0 aromatic carbocycles. The zero-order valence-corrected chi connectivity index (χ0v) is 12.1. The lowest BCUT2D eigenvalue weighted by atomic mass is 10.1. The van der Waals surface area contributed by atoms with Gasteiger partial charge < -0.3 is 14.7 Å². The summed E-state index contributed by atoms with van der Waals surface area (Å²) in [5.41, 5.74) is 1.89. The molecule has 21 heavy (non-hydrogen) atoms. The normalized spacial score (nSPS) is 19.4. The summed E-state index contributed by atoms with van der Waals surface area (Å²) < 4.78 is 7.05. The Bertz CT molecular complexity index is 667. The van der Waals surface area contributed by atoms with Crippen LogP contribution in [0.3, 0.4) is 0 Å². The van der Waals surface area contributed by atoms with Gasteiger partial charge in [-0.05, 0) is 12.0 Å². The van der Waals surface area contributed by atoms with Crippen LogP contribution in [0.25, 0.3) is 5.52 Å². The molecule has 2 aromatic heterocycles. The van der Waals surface area contributed by atoms with E-state index in [0.717, 1.165) is 17.0 Å². The third-order valence-electron chi connectivity index (χ3n) is 3.62. The molecule has 1 N–H and O–H groups in total. The molecule has 1 aliphatic heterocycles. The van der Waals surface area contributed by atoms with Gasteiger partial charge in [0.2, 0.25) is 0 Å². The van der Waals surface area contributed by atoms with Crippen LogP contribution < -0.4 is 4.90 Å². The van der Waals surface area contributed by atoms with E-state index in [4.69, 9.17) is 9.84 Å². The summed E-state index contributed by atoms with van der Waals surface area (Å²) in [5.74, 6) is 0.142. The lowest BCUT2D eigenvalue weighted by molar-refractivity contribution is -0.150. The molecule has 1 fully saturated rings. The number of nitrogens with zero attached hydrogens (tertiary/aromatic N) is 4. The van der Waals surface area contributed by atoms with Crippen molar-refractivity contribution >= 4 is 17.3 Å². The zero-order chi connectivity index (χ0) is 15.0. The molecule has 3 heterocycles. The fraction of sp³-hybridized carbons (Fsp3) is 0.500. The number of carboxylic acids is 1. The second kappa shape index (κ2) is 5.33. The van der Waals surface area contributed by atoms with Gasteiger partial charge >= 0.3 is 5.97 Å². The number of aliphatic carboxylic acids is 1. The van der Waals surface area contributed by atoms with Crippen LogP contribution in [0.15, 0.2) is 18.5 Å². The number of ether oxygens (including phenoxy) is 1. The molecule has 1 unspecified atom stereocenters. The number of carboxylic acid groups (broad SMARTS) is 1. The van der Waals surface area contributed by atoms with Gasteiger partial charge in [0.15, 0.2) is 11.9 Å². The summed E-state index contributed by atoms with van der Waals surface area (Å²) in [4.78, 5) is 17.5. The van der Waals surface area contributed by atoms with E-state index in [1.165, 1.54) is 0 Å². The van der Waals surface area contributed by atoms with Gasteiger partial charge in [-0.15, -0.1) is 0 Å². The average molecular weight is 290 g/mol. The van der Waals surface area contributed by atoms with Crippen molar-refractivity contribution in [3.63, 3.8) is 0 Å². The van der Waals surface area contributed by atoms with E-state index in [1.54, 1.807) is 16.9 Å². The Hall–Kier alpha value is -2.15. The molecule has 7 nitrogen and oxygen atoms in total. The number of anilines is 1. The van der Waals surface area contributed by atoms with Crippen LogP contribution >= 0.6 is 0 Å². The van der Waals surface area contributed by atoms with Crippen molar-refractivity contribution in [3.05, 3.63) is 24.2 Å². The quantitative estimate of drug-likeness (QED) is 0.913. The van der Waals surface area contributed by atoms with Gasteiger partial charge in [0.1, 0.15) is 5.52 Å². The Morgan fingerprint density at radius 2 is 2.33 bits per heavy atom. The van der Waals surface area contributed by atoms with Crippen LogP contribution in [0.4, 0.5) is 5.82 Å². The molecule has 0 saturated carbocycles. The Morgan fingerprint density at radius 3 is 3.05 bits per heavy atom. The maximum Gasteiger partial charge on any atom is 0.334 e. The van der Waals surface area contributed by atoms with Crippen LogP contribution in [0.1, 0.15) is 25.5 Å². The topological polar surface area (TPSA) is 80.0 Å². The maximum absolute atomic E-state index is 11.1. The molecule has 0 radical (unpaired) electrons. The van der Waals surface area contributed by atoms with Crippen molar-refractivity contribution < 1.29 is 14.6 Å². The van der Waals surface area contributed by atoms with E-state index >= 15 is 0 Å². The lowest BCUT2D eigenvalue weighted by Crippen LogP contribution is -2.46. The third kappa shape index (κ3) is 2.56. The molecule has 2 aromatic rings. The zero-order valence-electron chi connectivity index (χ0n) is 12.1. The summed E-state index contributed by atoms with van der Waals surface area (Å²) in [5, 5.41) is 13.6. The number of fused-ring (bicyclic) bond motifs is 1. The van der Waals surface area contributed by atoms with Crippen LogP contribution in [-0.4, -0.2) is 51.5 Å². The molecule has 1 saturated heterocycles. The highest BCUT2D eigenvalue weighted by atomic mass is 16.5. The fourth-order valence-corrected chi connectivity index (χ4v) is 2.44. The van der Waals surface area contributed by atoms with Crippen LogP contribution in [0.2, 0.25) is 0 Å². The maximum atomic E-state index is 11.1. The first-order valence-corrected chi connectivity index (χ1v) is 7.00. The predicted molar refractivity (Wildman–Crippen MR) is 76.7 cm³/mol. The van der Waals surface area contributed by atoms with E-state index in [1.807, 2.05) is 11.0 Å². The lowest BCUT2D eigenvalue weighted by Gasteiger charge is -2.31. The second-order valence-corrected chi connectivity index (χ2v) is 5.45. The highest BCUT2D eigenvalue weighted by Gasteiger charge is 2.28. The van der Waals surface area contributed by atoms with Crippen molar-refractivity contribution in [1.82, 2.24) is 14.6 Å². The number of rotatable bonds is 3. The first-order chi connectivity index (χ1) is 10.1. The Kier molecular flexibility index (Phi) is 3.50. The summed E-state index contributed by atoms with van der Waals surface area (Å²) in [7, 11) is 0. The molecule has 0 bridgehead atoms. The van der Waals surface area contributed by atoms with E-state index in [9.17, 15) is 4.79 Å². The molecule has 0 spiro atoms. The van der Waals surface area contributed by atoms with Crippen molar-refractivity contribution in [2.24, 2.45) is 0 Å². The highest BCUT2D eigenvalue weighted by Crippen LogP contribution is 2.24. The first-order valence-electron chi connectivity index (χ1n) is 7.00. The third-order valence-corrected chi connectivity index (χ3v) is 3.62. The predicted octanol–water partition coefficient (Wildman–Crippen LogP) is 1.14. The summed E-state index contributed by atoms with van der Waals surface area (Å²) in [6, 6.07) is 2.01. The monoisotopic (exact) mass is 290 g/mol. The molecule has 112 valence electrons. The minimum absolute atomic E-state index is 0.296. The summed E-state index contributed by atoms with van der Waals surface area (Å²) >= 11 is 0. The molecule has 1 aliphatic rings. The second-order valence-electron chi connectivity index (χ2n) is 5.45. The van der Waals surface area contributed by atoms with Gasteiger partial charge in [-0.2, -0.15) is 5.10 Å². The van der Waals surface area contributed by atoms with E-state index in [-0.39, 0.29) is 0 Å². The van der Waals surface area contributed by atoms with Gasteiger partial charge in [0, 0.05) is 18.9 Å². The van der Waals surface area contributed by atoms with Crippen molar-refractivity contribution in [1.29, 1.82) is 0 Å². The highest BCUT2D eigenvalue weighted by molar-refractivity contribution is 5.75. The van der Waals surface area contributed by atoms with Crippen molar-refractivity contribution in [3.8, 4) is 0 Å². The van der Waals surface area contributed by atoms with Gasteiger partial charge in [-0.1, -0.05) is 13.8 Å². The molecule has 7 heteroatoms. The van der Waals surface area contributed by atoms with Crippen LogP contribution in [0, 0.1) is 0 Å². The van der Waals surface area contributed by atoms with E-state index in [2.05, 4.69) is 23.9 Å². The SMILES string of the molecule is CC(C)c1cc2c(N3CCOC(C(=O)O)C3)nccn2n1. The van der Waals surface area contributed by atoms with Gasteiger partial charge in [0.25, 0.3) is 0 Å². The molecule has 0 amide bonds. The fourth-order valence-electron chi connectivity index (χ4n) is 2.44. The summed E-state index contributed by atoms with van der Waals surface area (Å²) in [6.45, 7) is 5.47. The smallest absolute Gasteiger partial charge is 0.334 e. The number of hydrogen-bond donors (Lipinski definition) is 1. The average Bonchev–Trinajstić information content (AvgIpc) is 2.91. The van der Waals surface area contributed by atoms with Gasteiger partial charge in [-0.3, -0.25) is 0 Å². The Labute approximate surface area is 122 Å². The Balaban J connectivity index is 1.97. The van der Waals surface area contributed by atoms with Crippen LogP contribution in [-0.2, 0) is 9.53 Å². The number of hydrogen-bond acceptors (Lipinski definition) is 5. The molecule has 1 atom stereocenters. The molecule has 3 rings (SSSR count). The minimum Gasteiger partial charge on any atom is -0.479 e. The van der Waals surface area contributed by atoms with E-state index < -0.39 is 12.1 Å². The number of morpholine rings is 1. The van der Waals surface area contributed by atoms with Crippen LogP contribution in [0.5, 0.6) is 0 Å². The van der Waals surface area contributed by atoms with Gasteiger partial charge in [-0.25, -0.2) is 14.3 Å². The Morgan fingerprint density at radius 1 is 1.52 bits per heavy atom. The van der Waals surface area contributed by atoms with Crippen molar-refractivity contribution in [2.45, 2.75) is 25.9 Å². The standard InChI is InChI=1S/C14H18N4O3/c1-9(2)10-7-11-13(15-3-4-18(11)16-10)17-5-6-21-12(8-17)14(19)20/h3-4,7,9,12H,5-6,8H2,1-2H3,(H,19,20). The van der Waals surface area contributed by atoms with E-state index in [0.29, 0.717) is 25.6 Å². The molecular formula is C14H18N4O3. The first kappa shape index (κ1) is 13.8. The number of aromatic nitrogens is 3. The van der Waals surface area contributed by atoms with Gasteiger partial charge in [0.05, 0.1) is 18.8 Å². The molecule has 0 aliphatic carbocycles. The molecular weight excluding hydrogens is 272 g/mol. The largest absolute Gasteiger partial charge is 0.479 e. The van der Waals surface area contributed by atoms with Crippen molar-refractivity contribution in [2.75, 3.05) is 24.6 Å². The summed E-state index contributed by atoms with van der Waals surface area (Å²) in [6.07, 6.45) is 2.68. The number of carbonyl (C=O) groups is 1. The minimum atomic E-state index is -0.942.